The van der Waals surface area contributed by atoms with E-state index in [1.165, 1.54) is 6.07 Å². The van der Waals surface area contributed by atoms with E-state index in [1.807, 2.05) is 4.90 Å². The lowest BCUT2D eigenvalue weighted by atomic mass is 10.2. The molecule has 0 atom stereocenters. The van der Waals surface area contributed by atoms with Crippen LogP contribution in [0.15, 0.2) is 24.3 Å². The fourth-order valence-electron chi connectivity index (χ4n) is 3.51. The lowest BCUT2D eigenvalue weighted by Gasteiger charge is -2.37. The van der Waals surface area contributed by atoms with E-state index in [2.05, 4.69) is 18.7 Å². The van der Waals surface area contributed by atoms with Crippen LogP contribution in [0.25, 0.3) is 0 Å². The Balaban J connectivity index is 1.51. The molecule has 0 aliphatic carbocycles. The minimum absolute atomic E-state index is 0.00509. The van der Waals surface area contributed by atoms with Gasteiger partial charge in [0.2, 0.25) is 5.91 Å². The number of benzene rings is 1. The number of halogens is 1. The van der Waals surface area contributed by atoms with E-state index in [0.717, 1.165) is 13.1 Å². The van der Waals surface area contributed by atoms with Gasteiger partial charge in [-0.3, -0.25) is 9.69 Å². The Morgan fingerprint density at radius 2 is 1.69 bits per heavy atom. The Morgan fingerprint density at radius 3 is 2.35 bits per heavy atom. The van der Waals surface area contributed by atoms with Gasteiger partial charge in [-0.05, 0) is 19.9 Å². The number of urea groups is 1. The van der Waals surface area contributed by atoms with Crippen molar-refractivity contribution in [3.05, 3.63) is 35.6 Å². The zero-order valence-corrected chi connectivity index (χ0v) is 15.5. The van der Waals surface area contributed by atoms with Gasteiger partial charge >= 0.3 is 6.03 Å². The van der Waals surface area contributed by atoms with Crippen molar-refractivity contribution in [1.29, 1.82) is 0 Å². The fraction of sp³-hybridized carbons (Fsp3) is 0.579. The Labute approximate surface area is 154 Å². The van der Waals surface area contributed by atoms with Crippen molar-refractivity contribution in [2.24, 2.45) is 0 Å². The van der Waals surface area contributed by atoms with Crippen molar-refractivity contribution < 1.29 is 14.0 Å². The van der Waals surface area contributed by atoms with Crippen LogP contribution >= 0.6 is 0 Å². The van der Waals surface area contributed by atoms with E-state index in [0.29, 0.717) is 37.8 Å². The Bertz CT molecular complexity index is 659. The van der Waals surface area contributed by atoms with Crippen LogP contribution in [-0.4, -0.2) is 83.4 Å². The molecule has 142 valence electrons. The highest BCUT2D eigenvalue weighted by Crippen LogP contribution is 2.16. The van der Waals surface area contributed by atoms with Crippen molar-refractivity contribution in [3.63, 3.8) is 0 Å². The normalized spacial score (nSPS) is 18.9. The van der Waals surface area contributed by atoms with E-state index in [1.54, 1.807) is 28.0 Å². The van der Waals surface area contributed by atoms with Crippen LogP contribution in [0, 0.1) is 5.82 Å². The second kappa shape index (κ2) is 8.03. The first-order valence-electron chi connectivity index (χ1n) is 9.25. The molecule has 0 spiro atoms. The fourth-order valence-corrected chi connectivity index (χ4v) is 3.51. The molecule has 2 aliphatic heterocycles. The third-order valence-electron chi connectivity index (χ3n) is 5.22. The maximum Gasteiger partial charge on any atom is 0.320 e. The van der Waals surface area contributed by atoms with Gasteiger partial charge in [0.1, 0.15) is 12.4 Å². The maximum atomic E-state index is 13.8. The number of hydrogen-bond acceptors (Lipinski definition) is 3. The van der Waals surface area contributed by atoms with Gasteiger partial charge in [-0.15, -0.1) is 0 Å². The van der Waals surface area contributed by atoms with Crippen molar-refractivity contribution in [2.45, 2.75) is 26.4 Å². The summed E-state index contributed by atoms with van der Waals surface area (Å²) in [5.74, 6) is -0.313. The van der Waals surface area contributed by atoms with E-state index in [4.69, 9.17) is 0 Å². The molecule has 0 N–H and O–H groups in total. The smallest absolute Gasteiger partial charge is 0.320 e. The maximum absolute atomic E-state index is 13.8. The number of piperazine rings is 1. The molecule has 2 heterocycles. The van der Waals surface area contributed by atoms with Crippen LogP contribution in [0.2, 0.25) is 0 Å². The quantitative estimate of drug-likeness (QED) is 0.800. The predicted molar refractivity (Wildman–Crippen MR) is 97.1 cm³/mol. The monoisotopic (exact) mass is 362 g/mol. The predicted octanol–water partition coefficient (Wildman–Crippen LogP) is 1.62. The summed E-state index contributed by atoms with van der Waals surface area (Å²) in [6.45, 7) is 8.84. The summed E-state index contributed by atoms with van der Waals surface area (Å²) >= 11 is 0. The lowest BCUT2D eigenvalue weighted by Crippen LogP contribution is -2.53. The number of amides is 3. The zero-order chi connectivity index (χ0) is 18.7. The summed E-state index contributed by atoms with van der Waals surface area (Å²) in [4.78, 5) is 32.4. The summed E-state index contributed by atoms with van der Waals surface area (Å²) in [5.41, 5.74) is 0.499. The second-order valence-electron chi connectivity index (χ2n) is 7.23. The molecule has 0 bridgehead atoms. The highest BCUT2D eigenvalue weighted by atomic mass is 19.1. The van der Waals surface area contributed by atoms with E-state index >= 15 is 0 Å². The van der Waals surface area contributed by atoms with E-state index in [9.17, 15) is 14.0 Å². The topological polar surface area (TPSA) is 47.1 Å². The molecule has 26 heavy (non-hydrogen) atoms. The number of hydrogen-bond donors (Lipinski definition) is 0. The number of rotatable bonds is 5. The van der Waals surface area contributed by atoms with Crippen molar-refractivity contribution in [1.82, 2.24) is 19.6 Å². The summed E-state index contributed by atoms with van der Waals surface area (Å²) < 4.78 is 13.8. The third-order valence-corrected chi connectivity index (χ3v) is 5.22. The summed E-state index contributed by atoms with van der Waals surface area (Å²) in [6.07, 6.45) is 0. The lowest BCUT2D eigenvalue weighted by molar-refractivity contribution is -0.133. The molecule has 3 rings (SSSR count). The van der Waals surface area contributed by atoms with Gasteiger partial charge in [-0.2, -0.15) is 0 Å². The first kappa shape index (κ1) is 18.6. The summed E-state index contributed by atoms with van der Waals surface area (Å²) in [5, 5.41) is 0. The standard InChI is InChI=1S/C19H27FN4O2/c1-15(2)21-7-9-22(10-8-21)18(25)14-24-12-11-23(19(24)26)13-16-5-3-4-6-17(16)20/h3-6,15H,7-14H2,1-2H3. The van der Waals surface area contributed by atoms with E-state index < -0.39 is 0 Å². The largest absolute Gasteiger partial charge is 0.339 e. The molecule has 2 saturated heterocycles. The Kier molecular flexibility index (Phi) is 5.76. The minimum atomic E-state index is -0.308. The van der Waals surface area contributed by atoms with Gasteiger partial charge in [0.15, 0.2) is 0 Å². The Hall–Kier alpha value is -2.15. The van der Waals surface area contributed by atoms with Crippen LogP contribution in [-0.2, 0) is 11.3 Å². The molecule has 2 aliphatic rings. The van der Waals surface area contributed by atoms with E-state index in [-0.39, 0.29) is 30.8 Å². The van der Waals surface area contributed by atoms with Crippen molar-refractivity contribution in [2.75, 3.05) is 45.8 Å². The molecule has 1 aromatic carbocycles. The average molecular weight is 362 g/mol. The van der Waals surface area contributed by atoms with Gasteiger partial charge in [-0.1, -0.05) is 18.2 Å². The first-order valence-corrected chi connectivity index (χ1v) is 9.25. The minimum Gasteiger partial charge on any atom is -0.339 e. The highest BCUT2D eigenvalue weighted by molar-refractivity contribution is 5.85. The first-order chi connectivity index (χ1) is 12.5. The van der Waals surface area contributed by atoms with Gasteiger partial charge in [-0.25, -0.2) is 9.18 Å². The molecule has 0 saturated carbocycles. The van der Waals surface area contributed by atoms with Gasteiger partial charge in [0, 0.05) is 50.9 Å². The van der Waals surface area contributed by atoms with Crippen LogP contribution < -0.4 is 0 Å². The molecular formula is C19H27FN4O2. The molecule has 7 heteroatoms. The molecule has 3 amide bonds. The second-order valence-corrected chi connectivity index (χ2v) is 7.23. The molecular weight excluding hydrogens is 335 g/mol. The molecule has 0 radical (unpaired) electrons. The third kappa shape index (κ3) is 4.15. The molecule has 2 fully saturated rings. The number of carbonyl (C=O) groups excluding carboxylic acids is 2. The van der Waals surface area contributed by atoms with Crippen molar-refractivity contribution >= 4 is 11.9 Å². The van der Waals surface area contributed by atoms with Crippen LogP contribution in [0.5, 0.6) is 0 Å². The number of carbonyl (C=O) groups is 2. The summed E-state index contributed by atoms with van der Waals surface area (Å²) in [7, 11) is 0. The Morgan fingerprint density at radius 1 is 1.04 bits per heavy atom. The average Bonchev–Trinajstić information content (AvgIpc) is 2.97. The molecule has 6 nitrogen and oxygen atoms in total. The van der Waals surface area contributed by atoms with Gasteiger partial charge < -0.3 is 14.7 Å². The SMILES string of the molecule is CC(C)N1CCN(C(=O)CN2CCN(Cc3ccccc3F)C2=O)CC1. The molecule has 0 aromatic heterocycles. The van der Waals surface area contributed by atoms with Crippen LogP contribution in [0.3, 0.4) is 0 Å². The van der Waals surface area contributed by atoms with Crippen molar-refractivity contribution in [3.8, 4) is 0 Å². The number of nitrogens with zero attached hydrogens (tertiary/aromatic N) is 4. The van der Waals surface area contributed by atoms with Crippen LogP contribution in [0.1, 0.15) is 19.4 Å². The molecule has 0 unspecified atom stereocenters. The highest BCUT2D eigenvalue weighted by Gasteiger charge is 2.32. The molecule has 1 aromatic rings. The van der Waals surface area contributed by atoms with Gasteiger partial charge in [0.25, 0.3) is 0 Å². The zero-order valence-electron chi connectivity index (χ0n) is 15.5. The van der Waals surface area contributed by atoms with Gasteiger partial charge in [0.05, 0.1) is 6.54 Å². The van der Waals surface area contributed by atoms with Crippen LogP contribution in [0.4, 0.5) is 9.18 Å². The summed E-state index contributed by atoms with van der Waals surface area (Å²) in [6, 6.07) is 6.77.